The molecule has 1 aliphatic heterocycles. The van der Waals surface area contributed by atoms with Crippen molar-refractivity contribution in [1.82, 2.24) is 24.4 Å². The molecule has 2 aromatic heterocycles. The summed E-state index contributed by atoms with van der Waals surface area (Å²) in [4.78, 5) is 19.4. The molecule has 1 atom stereocenters. The third kappa shape index (κ3) is 3.88. The molecule has 3 rings (SSSR count). The monoisotopic (exact) mass is 347 g/mol. The minimum absolute atomic E-state index is 0.127. The summed E-state index contributed by atoms with van der Waals surface area (Å²) in [6.07, 6.45) is 1.23. The molecule has 3 heterocycles. The summed E-state index contributed by atoms with van der Waals surface area (Å²) in [5.74, 6) is 0.994. The maximum atomic E-state index is 11.0. The first-order chi connectivity index (χ1) is 12.0. The van der Waals surface area contributed by atoms with E-state index in [4.69, 9.17) is 0 Å². The third-order valence-corrected chi connectivity index (χ3v) is 4.80. The number of fused-ring (bicyclic) bond motifs is 1. The van der Waals surface area contributed by atoms with Crippen molar-refractivity contribution in [2.45, 2.75) is 19.9 Å². The van der Waals surface area contributed by atoms with Crippen LogP contribution in [0.5, 0.6) is 0 Å². The number of rotatable bonds is 6. The van der Waals surface area contributed by atoms with E-state index < -0.39 is 4.92 Å². The Kier molecular flexibility index (Phi) is 5.14. The minimum atomic E-state index is -0.474. The van der Waals surface area contributed by atoms with Crippen LogP contribution in [0.3, 0.4) is 0 Å². The van der Waals surface area contributed by atoms with Gasteiger partial charge in [0.25, 0.3) is 0 Å². The van der Waals surface area contributed by atoms with Gasteiger partial charge in [0.15, 0.2) is 5.82 Å². The van der Waals surface area contributed by atoms with Crippen molar-refractivity contribution in [3.63, 3.8) is 0 Å². The van der Waals surface area contributed by atoms with E-state index in [1.54, 1.807) is 6.07 Å². The highest BCUT2D eigenvalue weighted by Crippen LogP contribution is 2.17. The van der Waals surface area contributed by atoms with Crippen molar-refractivity contribution in [2.24, 2.45) is 5.92 Å². The second kappa shape index (κ2) is 7.32. The normalized spacial score (nSPS) is 17.9. The zero-order valence-electron chi connectivity index (χ0n) is 14.9. The quantitative estimate of drug-likeness (QED) is 0.622. The Hall–Kier alpha value is -2.26. The largest absolute Gasteiger partial charge is 0.368 e. The Bertz CT molecular complexity index is 737. The lowest BCUT2D eigenvalue weighted by atomic mass is 10.0. The number of imidazole rings is 1. The topological polar surface area (TPSA) is 91.8 Å². The second-order valence-electron chi connectivity index (χ2n) is 6.89. The standard InChI is InChI=1S/C16H25N7O2/c1-12(2)13(21-8-6-20(3)7-9-21)10-17-14-4-5-15-18-11-16(23(24)25)22(15)19-14/h4-5,11-13H,6-10H2,1-3H3,(H,17,19). The summed E-state index contributed by atoms with van der Waals surface area (Å²) in [6.45, 7) is 9.47. The van der Waals surface area contributed by atoms with Gasteiger partial charge in [-0.3, -0.25) is 4.90 Å². The lowest BCUT2D eigenvalue weighted by Crippen LogP contribution is -2.52. The van der Waals surface area contributed by atoms with Crippen molar-refractivity contribution in [3.8, 4) is 0 Å². The number of aromatic nitrogens is 3. The van der Waals surface area contributed by atoms with E-state index in [2.05, 4.69) is 46.1 Å². The fourth-order valence-electron chi connectivity index (χ4n) is 3.23. The highest BCUT2D eigenvalue weighted by atomic mass is 16.6. The Morgan fingerprint density at radius 2 is 2.00 bits per heavy atom. The molecular weight excluding hydrogens is 322 g/mol. The number of nitrogens with one attached hydrogen (secondary N) is 1. The predicted octanol–water partition coefficient (Wildman–Crippen LogP) is 1.32. The lowest BCUT2D eigenvalue weighted by molar-refractivity contribution is -0.391. The molecule has 1 N–H and O–H groups in total. The lowest BCUT2D eigenvalue weighted by Gasteiger charge is -2.39. The molecule has 136 valence electrons. The van der Waals surface area contributed by atoms with E-state index in [-0.39, 0.29) is 5.82 Å². The van der Waals surface area contributed by atoms with Crippen LogP contribution in [-0.2, 0) is 0 Å². The Morgan fingerprint density at radius 3 is 2.64 bits per heavy atom. The van der Waals surface area contributed by atoms with Crippen molar-refractivity contribution < 1.29 is 4.92 Å². The van der Waals surface area contributed by atoms with Gasteiger partial charge in [0, 0.05) is 44.8 Å². The predicted molar refractivity (Wildman–Crippen MR) is 95.8 cm³/mol. The molecule has 0 saturated carbocycles. The molecule has 0 bridgehead atoms. The summed E-state index contributed by atoms with van der Waals surface area (Å²) in [6, 6.07) is 3.94. The first-order valence-corrected chi connectivity index (χ1v) is 8.61. The smallest absolute Gasteiger partial charge is 0.365 e. The van der Waals surface area contributed by atoms with Crippen LogP contribution in [0.2, 0.25) is 0 Å². The fourth-order valence-corrected chi connectivity index (χ4v) is 3.23. The molecule has 0 amide bonds. The van der Waals surface area contributed by atoms with Crippen LogP contribution in [0, 0.1) is 16.0 Å². The summed E-state index contributed by atoms with van der Waals surface area (Å²) >= 11 is 0. The van der Waals surface area contributed by atoms with Crippen molar-refractivity contribution in [1.29, 1.82) is 0 Å². The van der Waals surface area contributed by atoms with E-state index in [0.717, 1.165) is 32.7 Å². The van der Waals surface area contributed by atoms with E-state index in [9.17, 15) is 10.1 Å². The van der Waals surface area contributed by atoms with Gasteiger partial charge in [-0.2, -0.15) is 0 Å². The first-order valence-electron chi connectivity index (χ1n) is 8.61. The highest BCUT2D eigenvalue weighted by Gasteiger charge is 2.25. The number of anilines is 1. The van der Waals surface area contributed by atoms with Crippen LogP contribution < -0.4 is 5.32 Å². The van der Waals surface area contributed by atoms with Crippen molar-refractivity contribution in [2.75, 3.05) is 45.1 Å². The summed E-state index contributed by atoms with van der Waals surface area (Å²) in [5, 5.41) is 18.7. The van der Waals surface area contributed by atoms with Crippen LogP contribution in [0.1, 0.15) is 13.8 Å². The van der Waals surface area contributed by atoms with Gasteiger partial charge in [-0.1, -0.05) is 23.5 Å². The molecule has 1 unspecified atom stereocenters. The average molecular weight is 347 g/mol. The summed E-state index contributed by atoms with van der Waals surface area (Å²) in [7, 11) is 2.15. The maximum absolute atomic E-state index is 11.0. The van der Waals surface area contributed by atoms with Crippen molar-refractivity contribution >= 4 is 17.3 Å². The molecule has 25 heavy (non-hydrogen) atoms. The van der Waals surface area contributed by atoms with Crippen LogP contribution >= 0.6 is 0 Å². The van der Waals surface area contributed by atoms with Crippen LogP contribution in [0.4, 0.5) is 11.6 Å². The number of hydrogen-bond donors (Lipinski definition) is 1. The van der Waals surface area contributed by atoms with Gasteiger partial charge in [-0.15, -0.1) is 0 Å². The van der Waals surface area contributed by atoms with E-state index in [1.165, 1.54) is 10.7 Å². The number of likely N-dealkylation sites (N-methyl/N-ethyl adjacent to an activating group) is 1. The van der Waals surface area contributed by atoms with Crippen molar-refractivity contribution in [3.05, 3.63) is 28.4 Å². The number of piperazine rings is 1. The Labute approximate surface area is 146 Å². The maximum Gasteiger partial charge on any atom is 0.368 e. The second-order valence-corrected chi connectivity index (χ2v) is 6.89. The Balaban J connectivity index is 1.71. The molecule has 0 radical (unpaired) electrons. The molecule has 1 saturated heterocycles. The molecule has 0 spiro atoms. The number of nitro groups is 1. The summed E-state index contributed by atoms with van der Waals surface area (Å²) < 4.78 is 1.27. The molecule has 0 aliphatic carbocycles. The molecule has 1 fully saturated rings. The van der Waals surface area contributed by atoms with Crippen LogP contribution in [0.15, 0.2) is 18.3 Å². The minimum Gasteiger partial charge on any atom is -0.365 e. The van der Waals surface area contributed by atoms with Gasteiger partial charge in [0.05, 0.1) is 0 Å². The zero-order chi connectivity index (χ0) is 18.0. The highest BCUT2D eigenvalue weighted by molar-refractivity contribution is 5.48. The van der Waals surface area contributed by atoms with E-state index in [0.29, 0.717) is 23.4 Å². The molecule has 0 aromatic carbocycles. The third-order valence-electron chi connectivity index (χ3n) is 4.80. The first kappa shape index (κ1) is 17.6. The SMILES string of the molecule is CC(C)C(CNc1ccc2ncc([N+](=O)[O-])n2n1)N1CCN(C)CC1. The van der Waals surface area contributed by atoms with E-state index in [1.807, 2.05) is 6.07 Å². The van der Waals surface area contributed by atoms with Crippen LogP contribution in [-0.4, -0.2) is 75.1 Å². The molecule has 2 aromatic rings. The van der Waals surface area contributed by atoms with Gasteiger partial charge >= 0.3 is 5.82 Å². The molecule has 9 heteroatoms. The number of hydrogen-bond acceptors (Lipinski definition) is 7. The van der Waals surface area contributed by atoms with Gasteiger partial charge in [0.2, 0.25) is 5.65 Å². The average Bonchev–Trinajstić information content (AvgIpc) is 2.99. The van der Waals surface area contributed by atoms with Gasteiger partial charge in [-0.25, -0.2) is 4.98 Å². The zero-order valence-corrected chi connectivity index (χ0v) is 14.9. The molecule has 1 aliphatic rings. The molecular formula is C16H25N7O2. The number of nitrogens with zero attached hydrogens (tertiary/aromatic N) is 6. The Morgan fingerprint density at radius 1 is 1.28 bits per heavy atom. The van der Waals surface area contributed by atoms with Gasteiger partial charge < -0.3 is 20.3 Å². The molecule has 9 nitrogen and oxygen atoms in total. The summed E-state index contributed by atoms with van der Waals surface area (Å²) in [5.41, 5.74) is 0.469. The van der Waals surface area contributed by atoms with Gasteiger partial charge in [-0.05, 0) is 24.0 Å². The van der Waals surface area contributed by atoms with Gasteiger partial charge in [0.1, 0.15) is 6.20 Å². The van der Waals surface area contributed by atoms with Crippen LogP contribution in [0.25, 0.3) is 5.65 Å². The fraction of sp³-hybridized carbons (Fsp3) is 0.625. The van der Waals surface area contributed by atoms with E-state index >= 15 is 0 Å².